The highest BCUT2D eigenvalue weighted by Gasteiger charge is 2.05. The number of fused-ring (bicyclic) bond motifs is 1. The minimum Gasteiger partial charge on any atom is -0.313 e. The highest BCUT2D eigenvalue weighted by molar-refractivity contribution is 5.96. The fraction of sp³-hybridized carbons (Fsp3) is 0.167. The first-order valence-electron chi connectivity index (χ1n) is 6.90. The molecule has 3 aromatic rings. The van der Waals surface area contributed by atoms with Gasteiger partial charge in [0, 0.05) is 23.8 Å². The van der Waals surface area contributed by atoms with E-state index < -0.39 is 0 Å². The molecule has 100 valence electrons. The van der Waals surface area contributed by atoms with Gasteiger partial charge < -0.3 is 5.32 Å². The van der Waals surface area contributed by atoms with Gasteiger partial charge >= 0.3 is 0 Å². The van der Waals surface area contributed by atoms with Crippen molar-refractivity contribution in [2.75, 3.05) is 7.05 Å². The number of pyridine rings is 1. The molecule has 2 aromatic carbocycles. The summed E-state index contributed by atoms with van der Waals surface area (Å²) in [6.07, 6.45) is 3.76. The van der Waals surface area contributed by atoms with Gasteiger partial charge in [0.15, 0.2) is 0 Å². The molecule has 20 heavy (non-hydrogen) atoms. The van der Waals surface area contributed by atoms with Gasteiger partial charge in [-0.3, -0.25) is 4.98 Å². The summed E-state index contributed by atoms with van der Waals surface area (Å²) in [7, 11) is 1.98. The number of hydrogen-bond acceptors (Lipinski definition) is 2. The van der Waals surface area contributed by atoms with Crippen LogP contribution in [0.15, 0.2) is 60.9 Å². The van der Waals surface area contributed by atoms with Crippen LogP contribution in [-0.2, 0) is 0 Å². The van der Waals surface area contributed by atoms with Crippen LogP contribution in [0.4, 0.5) is 0 Å². The Morgan fingerprint density at radius 2 is 1.80 bits per heavy atom. The molecule has 0 saturated heterocycles. The summed E-state index contributed by atoms with van der Waals surface area (Å²) in [6.45, 7) is 2.17. The van der Waals surface area contributed by atoms with Crippen LogP contribution in [0.2, 0.25) is 0 Å². The van der Waals surface area contributed by atoms with Crippen LogP contribution >= 0.6 is 0 Å². The normalized spacial score (nSPS) is 12.5. The molecule has 0 saturated carbocycles. The lowest BCUT2D eigenvalue weighted by Crippen LogP contribution is -2.11. The first-order chi connectivity index (χ1) is 9.79. The number of benzene rings is 2. The maximum Gasteiger partial charge on any atom is 0.0346 e. The van der Waals surface area contributed by atoms with Crippen LogP contribution in [0.5, 0.6) is 0 Å². The van der Waals surface area contributed by atoms with E-state index in [0.717, 1.165) is 0 Å². The number of nitrogens with zero attached hydrogens (tertiary/aromatic N) is 1. The number of nitrogens with one attached hydrogen (secondary N) is 1. The third-order valence-electron chi connectivity index (χ3n) is 3.84. The summed E-state index contributed by atoms with van der Waals surface area (Å²) < 4.78 is 0. The Morgan fingerprint density at radius 1 is 1.00 bits per heavy atom. The second-order valence-corrected chi connectivity index (χ2v) is 5.03. The topological polar surface area (TPSA) is 24.9 Å². The van der Waals surface area contributed by atoms with Crippen LogP contribution in [0, 0.1) is 0 Å². The van der Waals surface area contributed by atoms with Gasteiger partial charge in [-0.05, 0) is 42.1 Å². The SMILES string of the molecule is CNC(C)c1ccc(-c2cccc3cnccc23)cc1. The van der Waals surface area contributed by atoms with Crippen molar-refractivity contribution < 1.29 is 0 Å². The molecule has 3 rings (SSSR count). The molecule has 0 aliphatic carbocycles. The Bertz CT molecular complexity index is 712. The van der Waals surface area contributed by atoms with Crippen molar-refractivity contribution in [3.05, 3.63) is 66.5 Å². The van der Waals surface area contributed by atoms with Crippen LogP contribution < -0.4 is 5.32 Å². The minimum absolute atomic E-state index is 0.376. The molecular weight excluding hydrogens is 244 g/mol. The molecule has 0 bridgehead atoms. The smallest absolute Gasteiger partial charge is 0.0346 e. The lowest BCUT2D eigenvalue weighted by molar-refractivity contribution is 0.652. The average Bonchev–Trinajstić information content (AvgIpc) is 2.54. The molecule has 1 aromatic heterocycles. The van der Waals surface area contributed by atoms with Gasteiger partial charge in [-0.1, -0.05) is 42.5 Å². The van der Waals surface area contributed by atoms with Crippen molar-refractivity contribution in [2.24, 2.45) is 0 Å². The van der Waals surface area contributed by atoms with E-state index in [-0.39, 0.29) is 0 Å². The number of rotatable bonds is 3. The minimum atomic E-state index is 0.376. The van der Waals surface area contributed by atoms with Gasteiger partial charge in [-0.25, -0.2) is 0 Å². The second kappa shape index (κ2) is 5.43. The molecule has 0 radical (unpaired) electrons. The average molecular weight is 262 g/mol. The van der Waals surface area contributed by atoms with Crippen molar-refractivity contribution in [3.8, 4) is 11.1 Å². The van der Waals surface area contributed by atoms with E-state index in [4.69, 9.17) is 0 Å². The van der Waals surface area contributed by atoms with Crippen molar-refractivity contribution in [1.82, 2.24) is 10.3 Å². The maximum absolute atomic E-state index is 4.19. The van der Waals surface area contributed by atoms with Crippen molar-refractivity contribution >= 4 is 10.8 Å². The van der Waals surface area contributed by atoms with E-state index in [9.17, 15) is 0 Å². The van der Waals surface area contributed by atoms with Crippen LogP contribution in [0.3, 0.4) is 0 Å². The summed E-state index contributed by atoms with van der Waals surface area (Å²) in [6, 6.07) is 17.6. The highest BCUT2D eigenvalue weighted by atomic mass is 14.8. The van der Waals surface area contributed by atoms with Crippen molar-refractivity contribution in [3.63, 3.8) is 0 Å². The maximum atomic E-state index is 4.19. The van der Waals surface area contributed by atoms with Crippen molar-refractivity contribution in [2.45, 2.75) is 13.0 Å². The van der Waals surface area contributed by atoms with Gasteiger partial charge in [0.1, 0.15) is 0 Å². The standard InChI is InChI=1S/C18H18N2/c1-13(19-2)14-6-8-15(9-7-14)17-5-3-4-16-12-20-11-10-18(16)17/h3-13,19H,1-2H3. The molecule has 2 heteroatoms. The molecule has 0 spiro atoms. The van der Waals surface area contributed by atoms with E-state index in [0.29, 0.717) is 6.04 Å². The fourth-order valence-electron chi connectivity index (χ4n) is 2.49. The van der Waals surface area contributed by atoms with Gasteiger partial charge in [-0.2, -0.15) is 0 Å². The van der Waals surface area contributed by atoms with E-state index in [1.54, 1.807) is 0 Å². The second-order valence-electron chi connectivity index (χ2n) is 5.03. The number of aromatic nitrogens is 1. The Morgan fingerprint density at radius 3 is 2.55 bits per heavy atom. The first-order valence-corrected chi connectivity index (χ1v) is 6.90. The molecule has 0 aliphatic rings. The molecule has 1 atom stereocenters. The van der Waals surface area contributed by atoms with Gasteiger partial charge in [0.05, 0.1) is 0 Å². The monoisotopic (exact) mass is 262 g/mol. The van der Waals surface area contributed by atoms with E-state index >= 15 is 0 Å². The Labute approximate surface area is 119 Å². The van der Waals surface area contributed by atoms with E-state index in [2.05, 4.69) is 65.8 Å². The van der Waals surface area contributed by atoms with Crippen molar-refractivity contribution in [1.29, 1.82) is 0 Å². The molecule has 0 aliphatic heterocycles. The summed E-state index contributed by atoms with van der Waals surface area (Å²) in [4.78, 5) is 4.19. The predicted molar refractivity (Wildman–Crippen MR) is 84.7 cm³/mol. The molecule has 1 N–H and O–H groups in total. The van der Waals surface area contributed by atoms with Gasteiger partial charge in [-0.15, -0.1) is 0 Å². The van der Waals surface area contributed by atoms with Gasteiger partial charge in [0.2, 0.25) is 0 Å². The molecular formula is C18H18N2. The highest BCUT2D eigenvalue weighted by Crippen LogP contribution is 2.28. The van der Waals surface area contributed by atoms with Crippen LogP contribution in [0.25, 0.3) is 21.9 Å². The first kappa shape index (κ1) is 12.8. The quantitative estimate of drug-likeness (QED) is 0.766. The van der Waals surface area contributed by atoms with Gasteiger partial charge in [0.25, 0.3) is 0 Å². The molecule has 2 nitrogen and oxygen atoms in total. The Balaban J connectivity index is 2.07. The molecule has 0 fully saturated rings. The third kappa shape index (κ3) is 2.30. The molecule has 0 amide bonds. The zero-order valence-corrected chi connectivity index (χ0v) is 11.8. The number of hydrogen-bond donors (Lipinski definition) is 1. The summed E-state index contributed by atoms with van der Waals surface area (Å²) in [5.41, 5.74) is 3.81. The van der Waals surface area contributed by atoms with E-state index in [1.165, 1.54) is 27.5 Å². The predicted octanol–water partition coefficient (Wildman–Crippen LogP) is 4.18. The lowest BCUT2D eigenvalue weighted by atomic mass is 9.97. The summed E-state index contributed by atoms with van der Waals surface area (Å²) in [5.74, 6) is 0. The Hall–Kier alpha value is -2.19. The zero-order chi connectivity index (χ0) is 13.9. The molecule has 1 unspecified atom stereocenters. The van der Waals surface area contributed by atoms with E-state index in [1.807, 2.05) is 19.4 Å². The third-order valence-corrected chi connectivity index (χ3v) is 3.84. The van der Waals surface area contributed by atoms with Crippen LogP contribution in [-0.4, -0.2) is 12.0 Å². The largest absolute Gasteiger partial charge is 0.313 e. The summed E-state index contributed by atoms with van der Waals surface area (Å²) in [5, 5.41) is 5.69. The lowest BCUT2D eigenvalue weighted by Gasteiger charge is -2.12. The van der Waals surface area contributed by atoms with Crippen LogP contribution in [0.1, 0.15) is 18.5 Å². The fourth-order valence-corrected chi connectivity index (χ4v) is 2.49. The Kier molecular flexibility index (Phi) is 3.48. The molecule has 1 heterocycles. The zero-order valence-electron chi connectivity index (χ0n) is 11.8. The summed E-state index contributed by atoms with van der Waals surface area (Å²) >= 11 is 0.